The highest BCUT2D eigenvalue weighted by Gasteiger charge is 2.04. The number of hydrogen-bond acceptors (Lipinski definition) is 3. The molecule has 5 heteroatoms. The van der Waals surface area contributed by atoms with Crippen LogP contribution in [0.3, 0.4) is 0 Å². The molecular weight excluding hydrogens is 226 g/mol. The molecule has 88 valence electrons. The van der Waals surface area contributed by atoms with E-state index in [1.54, 1.807) is 12.1 Å². The molecule has 1 aromatic heterocycles. The van der Waals surface area contributed by atoms with Gasteiger partial charge >= 0.3 is 0 Å². The molecule has 0 saturated carbocycles. The van der Waals surface area contributed by atoms with Crippen molar-refractivity contribution in [3.05, 3.63) is 23.5 Å². The topological polar surface area (TPSA) is 54.0 Å². The SMILES string of the molecule is CCC(C)NCC(=O)Nc1ccc(Cl)nc1. The molecule has 0 fully saturated rings. The first-order chi connectivity index (χ1) is 7.61. The summed E-state index contributed by atoms with van der Waals surface area (Å²) in [6.07, 6.45) is 2.53. The van der Waals surface area contributed by atoms with Crippen LogP contribution in [0.25, 0.3) is 0 Å². The number of hydrogen-bond donors (Lipinski definition) is 2. The number of carbonyl (C=O) groups is 1. The molecule has 1 heterocycles. The Labute approximate surface area is 100 Å². The van der Waals surface area contributed by atoms with E-state index >= 15 is 0 Å². The van der Waals surface area contributed by atoms with E-state index in [2.05, 4.69) is 22.5 Å². The zero-order chi connectivity index (χ0) is 12.0. The molecule has 2 N–H and O–H groups in total. The van der Waals surface area contributed by atoms with E-state index in [1.165, 1.54) is 6.20 Å². The molecule has 0 aliphatic heterocycles. The maximum atomic E-state index is 11.5. The predicted molar refractivity (Wildman–Crippen MR) is 65.6 cm³/mol. The van der Waals surface area contributed by atoms with E-state index in [0.29, 0.717) is 23.4 Å². The maximum absolute atomic E-state index is 11.5. The highest BCUT2D eigenvalue weighted by molar-refractivity contribution is 6.29. The van der Waals surface area contributed by atoms with Crippen LogP contribution in [0.5, 0.6) is 0 Å². The number of nitrogens with zero attached hydrogens (tertiary/aromatic N) is 1. The third kappa shape index (κ3) is 4.59. The normalized spacial score (nSPS) is 12.2. The van der Waals surface area contributed by atoms with Crippen LogP contribution < -0.4 is 10.6 Å². The highest BCUT2D eigenvalue weighted by atomic mass is 35.5. The van der Waals surface area contributed by atoms with Gasteiger partial charge in [0.05, 0.1) is 18.4 Å². The maximum Gasteiger partial charge on any atom is 0.238 e. The molecule has 0 aliphatic rings. The van der Waals surface area contributed by atoms with Gasteiger partial charge in [-0.05, 0) is 25.5 Å². The zero-order valence-corrected chi connectivity index (χ0v) is 10.2. The van der Waals surface area contributed by atoms with Crippen molar-refractivity contribution < 1.29 is 4.79 Å². The van der Waals surface area contributed by atoms with Crippen LogP contribution in [0, 0.1) is 0 Å². The minimum absolute atomic E-state index is 0.0792. The summed E-state index contributed by atoms with van der Waals surface area (Å²) in [6, 6.07) is 3.70. The second-order valence-electron chi connectivity index (χ2n) is 3.61. The Balaban J connectivity index is 2.37. The van der Waals surface area contributed by atoms with Crippen molar-refractivity contribution in [1.82, 2.24) is 10.3 Å². The fraction of sp³-hybridized carbons (Fsp3) is 0.455. The lowest BCUT2D eigenvalue weighted by atomic mass is 10.2. The Morgan fingerprint density at radius 2 is 2.31 bits per heavy atom. The molecule has 0 bridgehead atoms. The number of carbonyl (C=O) groups excluding carboxylic acids is 1. The molecule has 1 unspecified atom stereocenters. The minimum atomic E-state index is -0.0792. The van der Waals surface area contributed by atoms with Gasteiger partial charge in [0.2, 0.25) is 5.91 Å². The molecule has 0 saturated heterocycles. The van der Waals surface area contributed by atoms with Crippen molar-refractivity contribution >= 4 is 23.2 Å². The molecule has 1 amide bonds. The van der Waals surface area contributed by atoms with Gasteiger partial charge in [-0.15, -0.1) is 0 Å². The fourth-order valence-electron chi connectivity index (χ4n) is 1.07. The molecule has 0 aliphatic carbocycles. The van der Waals surface area contributed by atoms with E-state index in [0.717, 1.165) is 6.42 Å². The number of rotatable bonds is 5. The zero-order valence-electron chi connectivity index (χ0n) is 9.46. The second-order valence-corrected chi connectivity index (χ2v) is 4.00. The quantitative estimate of drug-likeness (QED) is 0.776. The number of pyridine rings is 1. The standard InChI is InChI=1S/C11H16ClN3O/c1-3-8(2)13-7-11(16)15-9-4-5-10(12)14-6-9/h4-6,8,13H,3,7H2,1-2H3,(H,15,16). The summed E-state index contributed by atoms with van der Waals surface area (Å²) in [5.74, 6) is -0.0792. The third-order valence-corrected chi connectivity index (χ3v) is 2.46. The van der Waals surface area contributed by atoms with E-state index in [-0.39, 0.29) is 5.91 Å². The van der Waals surface area contributed by atoms with Crippen molar-refractivity contribution in [2.24, 2.45) is 0 Å². The lowest BCUT2D eigenvalue weighted by molar-refractivity contribution is -0.115. The third-order valence-electron chi connectivity index (χ3n) is 2.23. The average Bonchev–Trinajstić information content (AvgIpc) is 2.29. The summed E-state index contributed by atoms with van der Waals surface area (Å²) in [5.41, 5.74) is 0.653. The lowest BCUT2D eigenvalue weighted by Gasteiger charge is -2.11. The Hall–Kier alpha value is -1.13. The number of nitrogens with one attached hydrogen (secondary N) is 2. The second kappa shape index (κ2) is 6.45. The van der Waals surface area contributed by atoms with Gasteiger partial charge in [0.1, 0.15) is 5.15 Å². The van der Waals surface area contributed by atoms with Gasteiger partial charge in [0, 0.05) is 6.04 Å². The van der Waals surface area contributed by atoms with Crippen molar-refractivity contribution in [3.63, 3.8) is 0 Å². The van der Waals surface area contributed by atoms with E-state index < -0.39 is 0 Å². The summed E-state index contributed by atoms with van der Waals surface area (Å²) >= 11 is 5.63. The molecule has 0 spiro atoms. The van der Waals surface area contributed by atoms with Gasteiger partial charge in [-0.1, -0.05) is 18.5 Å². The van der Waals surface area contributed by atoms with Crippen LogP contribution in [-0.4, -0.2) is 23.5 Å². The average molecular weight is 242 g/mol. The smallest absolute Gasteiger partial charge is 0.238 e. The Bertz CT molecular complexity index is 340. The van der Waals surface area contributed by atoms with Crippen LogP contribution in [0.2, 0.25) is 5.15 Å². The molecule has 0 aromatic carbocycles. The van der Waals surface area contributed by atoms with Crippen LogP contribution in [0.15, 0.2) is 18.3 Å². The molecule has 1 atom stereocenters. The van der Waals surface area contributed by atoms with Gasteiger partial charge in [-0.2, -0.15) is 0 Å². The molecule has 1 aromatic rings. The summed E-state index contributed by atoms with van der Waals surface area (Å²) < 4.78 is 0. The van der Waals surface area contributed by atoms with E-state index in [9.17, 15) is 4.79 Å². The van der Waals surface area contributed by atoms with E-state index in [1.807, 2.05) is 6.92 Å². The fourth-order valence-corrected chi connectivity index (χ4v) is 1.18. The largest absolute Gasteiger partial charge is 0.324 e. The Morgan fingerprint density at radius 1 is 1.56 bits per heavy atom. The number of aromatic nitrogens is 1. The van der Waals surface area contributed by atoms with Crippen LogP contribution >= 0.6 is 11.6 Å². The molecule has 1 rings (SSSR count). The van der Waals surface area contributed by atoms with E-state index in [4.69, 9.17) is 11.6 Å². The van der Waals surface area contributed by atoms with Crippen LogP contribution in [0.1, 0.15) is 20.3 Å². The summed E-state index contributed by atoms with van der Waals surface area (Å²) in [7, 11) is 0. The predicted octanol–water partition coefficient (Wildman–Crippen LogP) is 2.06. The van der Waals surface area contributed by atoms with Crippen LogP contribution in [-0.2, 0) is 4.79 Å². The summed E-state index contributed by atoms with van der Waals surface area (Å²) in [4.78, 5) is 15.4. The minimum Gasteiger partial charge on any atom is -0.324 e. The van der Waals surface area contributed by atoms with Crippen molar-refractivity contribution in [1.29, 1.82) is 0 Å². The Kier molecular flexibility index (Phi) is 5.22. The van der Waals surface area contributed by atoms with Crippen molar-refractivity contribution in [3.8, 4) is 0 Å². The number of halogens is 1. The first-order valence-electron chi connectivity index (χ1n) is 5.26. The summed E-state index contributed by atoms with van der Waals surface area (Å²) in [6.45, 7) is 4.41. The monoisotopic (exact) mass is 241 g/mol. The first kappa shape index (κ1) is 12.9. The Morgan fingerprint density at radius 3 is 2.88 bits per heavy atom. The highest BCUT2D eigenvalue weighted by Crippen LogP contribution is 2.09. The van der Waals surface area contributed by atoms with Gasteiger partial charge in [-0.3, -0.25) is 4.79 Å². The molecule has 16 heavy (non-hydrogen) atoms. The van der Waals surface area contributed by atoms with Gasteiger partial charge in [-0.25, -0.2) is 4.98 Å². The molecule has 4 nitrogen and oxygen atoms in total. The van der Waals surface area contributed by atoms with Gasteiger partial charge in [0.15, 0.2) is 0 Å². The molecule has 0 radical (unpaired) electrons. The van der Waals surface area contributed by atoms with Crippen LogP contribution in [0.4, 0.5) is 5.69 Å². The summed E-state index contributed by atoms with van der Waals surface area (Å²) in [5, 5.41) is 6.24. The van der Waals surface area contributed by atoms with Gasteiger partial charge in [0.25, 0.3) is 0 Å². The first-order valence-corrected chi connectivity index (χ1v) is 5.64. The lowest BCUT2D eigenvalue weighted by Crippen LogP contribution is -2.33. The van der Waals surface area contributed by atoms with Crippen molar-refractivity contribution in [2.45, 2.75) is 26.3 Å². The molecular formula is C11H16ClN3O. The van der Waals surface area contributed by atoms with Crippen molar-refractivity contribution in [2.75, 3.05) is 11.9 Å². The number of amides is 1. The number of anilines is 1. The van der Waals surface area contributed by atoms with Gasteiger partial charge < -0.3 is 10.6 Å².